The van der Waals surface area contributed by atoms with Crippen LogP contribution in [0.5, 0.6) is 0 Å². The van der Waals surface area contributed by atoms with Crippen molar-refractivity contribution in [1.82, 2.24) is 5.32 Å². The number of benzene rings is 1. The predicted octanol–water partition coefficient (Wildman–Crippen LogP) is 2.44. The number of hydrogen-bond acceptors (Lipinski definition) is 3. The van der Waals surface area contributed by atoms with Gasteiger partial charge in [0.05, 0.1) is 0 Å². The molecule has 0 saturated heterocycles. The van der Waals surface area contributed by atoms with Crippen LogP contribution in [0.4, 0.5) is 0 Å². The van der Waals surface area contributed by atoms with Gasteiger partial charge in [0, 0.05) is 10.6 Å². The van der Waals surface area contributed by atoms with Gasteiger partial charge >= 0.3 is 0 Å². The lowest BCUT2D eigenvalue weighted by Crippen LogP contribution is -2.55. The average Bonchev–Trinajstić information content (AvgIpc) is 2.87. The molecule has 1 saturated carbocycles. The summed E-state index contributed by atoms with van der Waals surface area (Å²) in [6.45, 7) is 1.83. The average molecular weight is 296 g/mol. The number of aryl methyl sites for hydroxylation is 1. The Morgan fingerprint density at radius 2 is 2.10 bits per heavy atom. The van der Waals surface area contributed by atoms with E-state index in [0.717, 1.165) is 18.4 Å². The van der Waals surface area contributed by atoms with Gasteiger partial charge in [-0.15, -0.1) is 0 Å². The van der Waals surface area contributed by atoms with E-state index in [1.165, 1.54) is 0 Å². The molecule has 20 heavy (non-hydrogen) atoms. The van der Waals surface area contributed by atoms with Gasteiger partial charge in [-0.3, -0.25) is 4.79 Å². The minimum absolute atomic E-state index is 0.0648. The number of carbonyl (C=O) groups excluding carboxylic acids is 1. The molecule has 0 bridgehead atoms. The largest absolute Gasteiger partial charge is 0.409 e. The fourth-order valence-electron chi connectivity index (χ4n) is 2.69. The summed E-state index contributed by atoms with van der Waals surface area (Å²) in [7, 11) is 0. The van der Waals surface area contributed by atoms with E-state index in [2.05, 4.69) is 10.5 Å². The van der Waals surface area contributed by atoms with E-state index >= 15 is 0 Å². The Hall–Kier alpha value is -1.75. The molecule has 0 spiro atoms. The number of nitrogens with two attached hydrogens (primary N) is 1. The lowest BCUT2D eigenvalue weighted by Gasteiger charge is -2.29. The lowest BCUT2D eigenvalue weighted by molar-refractivity contribution is 0.0922. The molecule has 1 amide bonds. The summed E-state index contributed by atoms with van der Waals surface area (Å²) in [4.78, 5) is 12.4. The highest BCUT2D eigenvalue weighted by Gasteiger charge is 2.40. The molecule has 5 nitrogen and oxygen atoms in total. The normalized spacial score (nSPS) is 18.0. The Labute approximate surface area is 122 Å². The highest BCUT2D eigenvalue weighted by molar-refractivity contribution is 6.30. The first-order valence-corrected chi connectivity index (χ1v) is 6.93. The maximum absolute atomic E-state index is 12.4. The van der Waals surface area contributed by atoms with E-state index in [4.69, 9.17) is 22.5 Å². The monoisotopic (exact) mass is 295 g/mol. The highest BCUT2D eigenvalue weighted by Crippen LogP contribution is 2.30. The number of nitrogens with zero attached hydrogens (tertiary/aromatic N) is 1. The van der Waals surface area contributed by atoms with Crippen molar-refractivity contribution in [1.29, 1.82) is 0 Å². The topological polar surface area (TPSA) is 87.7 Å². The third-order valence-corrected chi connectivity index (χ3v) is 4.08. The van der Waals surface area contributed by atoms with Gasteiger partial charge in [-0.05, 0) is 43.5 Å². The Morgan fingerprint density at radius 1 is 1.45 bits per heavy atom. The van der Waals surface area contributed by atoms with E-state index in [1.54, 1.807) is 18.2 Å². The maximum Gasteiger partial charge on any atom is 0.252 e. The number of rotatable bonds is 3. The molecule has 1 aromatic rings. The molecule has 6 heteroatoms. The number of amides is 1. The first-order chi connectivity index (χ1) is 9.48. The van der Waals surface area contributed by atoms with Crippen LogP contribution in [0.1, 0.15) is 41.6 Å². The Morgan fingerprint density at radius 3 is 2.65 bits per heavy atom. The quantitative estimate of drug-likeness (QED) is 0.346. The molecule has 1 aliphatic carbocycles. The molecular weight excluding hydrogens is 278 g/mol. The number of nitrogens with one attached hydrogen (secondary N) is 1. The molecule has 1 fully saturated rings. The number of oxime groups is 1. The van der Waals surface area contributed by atoms with E-state index in [0.29, 0.717) is 23.4 Å². The van der Waals surface area contributed by atoms with Crippen molar-refractivity contribution >= 4 is 23.3 Å². The van der Waals surface area contributed by atoms with Gasteiger partial charge in [0.15, 0.2) is 5.84 Å². The third kappa shape index (κ3) is 2.72. The van der Waals surface area contributed by atoms with Gasteiger partial charge in [-0.1, -0.05) is 29.6 Å². The SMILES string of the molecule is Cc1cc(Cl)ccc1C(=O)NC1(/C(N)=N/O)CCCC1. The van der Waals surface area contributed by atoms with Gasteiger partial charge in [0.25, 0.3) is 5.91 Å². The molecule has 0 unspecified atom stereocenters. The van der Waals surface area contributed by atoms with Gasteiger partial charge in [-0.25, -0.2) is 0 Å². The fraction of sp³-hybridized carbons (Fsp3) is 0.429. The molecular formula is C14H18ClN3O2. The second kappa shape index (κ2) is 5.71. The fourth-order valence-corrected chi connectivity index (χ4v) is 2.91. The van der Waals surface area contributed by atoms with Crippen LogP contribution >= 0.6 is 11.6 Å². The van der Waals surface area contributed by atoms with Crippen LogP contribution in [0.2, 0.25) is 5.02 Å². The summed E-state index contributed by atoms with van der Waals surface area (Å²) >= 11 is 5.89. The van der Waals surface area contributed by atoms with Gasteiger partial charge in [-0.2, -0.15) is 0 Å². The van der Waals surface area contributed by atoms with Crippen LogP contribution in [-0.4, -0.2) is 22.5 Å². The molecule has 0 heterocycles. The van der Waals surface area contributed by atoms with Gasteiger partial charge in [0.1, 0.15) is 5.54 Å². The Balaban J connectivity index is 2.25. The van der Waals surface area contributed by atoms with Gasteiger partial charge < -0.3 is 16.3 Å². The van der Waals surface area contributed by atoms with E-state index in [9.17, 15) is 4.79 Å². The van der Waals surface area contributed by atoms with Crippen molar-refractivity contribution < 1.29 is 10.0 Å². The van der Waals surface area contributed by atoms with E-state index < -0.39 is 5.54 Å². The minimum Gasteiger partial charge on any atom is -0.409 e. The second-order valence-corrected chi connectivity index (χ2v) is 5.62. The molecule has 1 aliphatic rings. The zero-order valence-electron chi connectivity index (χ0n) is 11.3. The first kappa shape index (κ1) is 14.7. The van der Waals surface area contributed by atoms with Crippen molar-refractivity contribution in [3.05, 3.63) is 34.3 Å². The first-order valence-electron chi connectivity index (χ1n) is 6.55. The van der Waals surface area contributed by atoms with Crippen molar-refractivity contribution in [2.24, 2.45) is 10.9 Å². The second-order valence-electron chi connectivity index (χ2n) is 5.19. The zero-order valence-corrected chi connectivity index (χ0v) is 12.1. The predicted molar refractivity (Wildman–Crippen MR) is 78.3 cm³/mol. The van der Waals surface area contributed by atoms with Crippen LogP contribution in [-0.2, 0) is 0 Å². The number of halogens is 1. The van der Waals surface area contributed by atoms with Crippen LogP contribution < -0.4 is 11.1 Å². The summed E-state index contributed by atoms with van der Waals surface area (Å²) in [5.74, 6) is -0.164. The van der Waals surface area contributed by atoms with Crippen molar-refractivity contribution in [2.75, 3.05) is 0 Å². The van der Waals surface area contributed by atoms with Gasteiger partial charge in [0.2, 0.25) is 0 Å². The Kier molecular flexibility index (Phi) is 4.18. The van der Waals surface area contributed by atoms with Crippen molar-refractivity contribution in [3.63, 3.8) is 0 Å². The third-order valence-electron chi connectivity index (χ3n) is 3.84. The Bertz CT molecular complexity index is 551. The molecule has 0 aliphatic heterocycles. The van der Waals surface area contributed by atoms with Crippen LogP contribution in [0.3, 0.4) is 0 Å². The molecule has 0 radical (unpaired) electrons. The maximum atomic E-state index is 12.4. The van der Waals surface area contributed by atoms with Crippen molar-refractivity contribution in [3.8, 4) is 0 Å². The number of hydrogen-bond donors (Lipinski definition) is 3. The van der Waals surface area contributed by atoms with E-state index in [1.807, 2.05) is 6.92 Å². The summed E-state index contributed by atoms with van der Waals surface area (Å²) in [5, 5.41) is 15.5. The zero-order chi connectivity index (χ0) is 14.8. The molecule has 0 aromatic heterocycles. The van der Waals surface area contributed by atoms with Crippen molar-refractivity contribution in [2.45, 2.75) is 38.1 Å². The lowest BCUT2D eigenvalue weighted by atomic mass is 9.95. The van der Waals surface area contributed by atoms with Crippen LogP contribution in [0, 0.1) is 6.92 Å². The molecule has 4 N–H and O–H groups in total. The molecule has 1 aromatic carbocycles. The number of carbonyl (C=O) groups is 1. The summed E-state index contributed by atoms with van der Waals surface area (Å²) < 4.78 is 0. The minimum atomic E-state index is -0.738. The van der Waals surface area contributed by atoms with Crippen LogP contribution in [0.15, 0.2) is 23.4 Å². The number of amidine groups is 1. The highest BCUT2D eigenvalue weighted by atomic mass is 35.5. The molecule has 0 atom stereocenters. The summed E-state index contributed by atoms with van der Waals surface area (Å²) in [5.41, 5.74) is 6.37. The smallest absolute Gasteiger partial charge is 0.252 e. The van der Waals surface area contributed by atoms with E-state index in [-0.39, 0.29) is 11.7 Å². The molecule has 2 rings (SSSR count). The summed E-state index contributed by atoms with van der Waals surface area (Å²) in [6.07, 6.45) is 3.24. The molecule has 108 valence electrons. The standard InChI is InChI=1S/C14H18ClN3O2/c1-9-8-10(15)4-5-11(9)12(19)17-14(13(16)18-20)6-2-3-7-14/h4-5,8,20H,2-3,6-7H2,1H3,(H2,16,18)(H,17,19). The van der Waals surface area contributed by atoms with Crippen LogP contribution in [0.25, 0.3) is 0 Å². The summed E-state index contributed by atoms with van der Waals surface area (Å²) in [6, 6.07) is 5.09.